The topological polar surface area (TPSA) is 28.2 Å². The summed E-state index contributed by atoms with van der Waals surface area (Å²) in [6.45, 7) is 6.41. The zero-order valence-corrected chi connectivity index (χ0v) is 14.9. The number of piperazine rings is 1. The predicted octanol–water partition coefficient (Wildman–Crippen LogP) is 3.85. The number of aryl methyl sites for hydroxylation is 1. The van der Waals surface area contributed by atoms with Crippen LogP contribution in [0.15, 0.2) is 48.7 Å². The van der Waals surface area contributed by atoms with Gasteiger partial charge in [-0.3, -0.25) is 9.88 Å². The summed E-state index contributed by atoms with van der Waals surface area (Å²) >= 11 is 1.90. The fourth-order valence-corrected chi connectivity index (χ4v) is 4.61. The minimum Gasteiger partial charge on any atom is -0.314 e. The lowest BCUT2D eigenvalue weighted by Crippen LogP contribution is -2.45. The molecule has 4 rings (SSSR count). The maximum absolute atomic E-state index is 4.82. The Kier molecular flexibility index (Phi) is 4.60. The van der Waals surface area contributed by atoms with Gasteiger partial charge in [-0.2, -0.15) is 0 Å². The summed E-state index contributed by atoms with van der Waals surface area (Å²) in [4.78, 5) is 8.78. The third-order valence-electron chi connectivity index (χ3n) is 4.77. The predicted molar refractivity (Wildman–Crippen MR) is 102 cm³/mol. The minimum absolute atomic E-state index is 0.260. The molecule has 1 unspecified atom stereocenters. The highest BCUT2D eigenvalue weighted by Gasteiger charge is 2.26. The van der Waals surface area contributed by atoms with Gasteiger partial charge >= 0.3 is 0 Å². The molecule has 1 aromatic carbocycles. The molecule has 0 amide bonds. The van der Waals surface area contributed by atoms with Gasteiger partial charge in [-0.1, -0.05) is 31.2 Å². The fourth-order valence-electron chi connectivity index (χ4n) is 3.40. The molecule has 2 aromatic heterocycles. The van der Waals surface area contributed by atoms with Gasteiger partial charge in [0.1, 0.15) is 0 Å². The molecule has 24 heavy (non-hydrogen) atoms. The van der Waals surface area contributed by atoms with E-state index in [1.807, 2.05) is 17.5 Å². The molecule has 0 aliphatic carbocycles. The highest BCUT2D eigenvalue weighted by Crippen LogP contribution is 2.36. The van der Waals surface area contributed by atoms with Crippen LogP contribution in [0.3, 0.4) is 0 Å². The molecule has 1 N–H and O–H groups in total. The van der Waals surface area contributed by atoms with E-state index in [-0.39, 0.29) is 6.04 Å². The summed E-state index contributed by atoms with van der Waals surface area (Å²) in [5.74, 6) is 0. The lowest BCUT2D eigenvalue weighted by Gasteiger charge is -2.34. The lowest BCUT2D eigenvalue weighted by molar-refractivity contribution is 0.198. The number of nitrogens with zero attached hydrogens (tertiary/aromatic N) is 2. The summed E-state index contributed by atoms with van der Waals surface area (Å²) in [6.07, 6.45) is 3.08. The molecule has 0 spiro atoms. The first-order valence-electron chi connectivity index (χ1n) is 8.73. The molecular weight excluding hydrogens is 314 g/mol. The Morgan fingerprint density at radius 1 is 1.17 bits per heavy atom. The summed E-state index contributed by atoms with van der Waals surface area (Å²) in [5.41, 5.74) is 2.47. The molecule has 1 aliphatic rings. The Bertz CT molecular complexity index is 770. The van der Waals surface area contributed by atoms with Gasteiger partial charge in [-0.15, -0.1) is 11.3 Å². The van der Waals surface area contributed by atoms with Crippen molar-refractivity contribution in [1.29, 1.82) is 0 Å². The zero-order valence-electron chi connectivity index (χ0n) is 14.0. The average molecular weight is 337 g/mol. The van der Waals surface area contributed by atoms with E-state index in [0.717, 1.165) is 32.6 Å². The van der Waals surface area contributed by atoms with E-state index in [0.29, 0.717) is 0 Å². The fraction of sp³-hybridized carbons (Fsp3) is 0.350. The third kappa shape index (κ3) is 3.09. The number of thiophene rings is 1. The number of pyridine rings is 1. The van der Waals surface area contributed by atoms with Crippen LogP contribution in [0.1, 0.15) is 29.1 Å². The molecule has 0 saturated carbocycles. The van der Waals surface area contributed by atoms with Gasteiger partial charge < -0.3 is 5.32 Å². The molecular formula is C20H23N3S. The highest BCUT2D eigenvalue weighted by molar-refractivity contribution is 7.19. The first-order valence-corrected chi connectivity index (χ1v) is 9.55. The molecule has 1 fully saturated rings. The summed E-state index contributed by atoms with van der Waals surface area (Å²) < 4.78 is 1.36. The van der Waals surface area contributed by atoms with Crippen molar-refractivity contribution in [1.82, 2.24) is 15.2 Å². The van der Waals surface area contributed by atoms with Gasteiger partial charge in [0.15, 0.2) is 0 Å². The maximum Gasteiger partial charge on any atom is 0.0871 e. The SMILES string of the molecule is CCc1ccc(C(c2cc3ccccc3s2)N2CCNCC2)nc1. The number of aromatic nitrogens is 1. The largest absolute Gasteiger partial charge is 0.314 e. The van der Waals surface area contributed by atoms with Gasteiger partial charge in [0, 0.05) is 42.0 Å². The Balaban J connectivity index is 1.76. The van der Waals surface area contributed by atoms with Crippen molar-refractivity contribution in [2.45, 2.75) is 19.4 Å². The Morgan fingerprint density at radius 2 is 2.00 bits per heavy atom. The third-order valence-corrected chi connectivity index (χ3v) is 5.94. The second-order valence-corrected chi connectivity index (χ2v) is 7.44. The van der Waals surface area contributed by atoms with E-state index in [1.165, 1.54) is 26.2 Å². The first kappa shape index (κ1) is 15.8. The van der Waals surface area contributed by atoms with Crippen LogP contribution in [0, 0.1) is 0 Å². The molecule has 1 atom stereocenters. The van der Waals surface area contributed by atoms with Crippen LogP contribution >= 0.6 is 11.3 Å². The maximum atomic E-state index is 4.82. The Labute approximate surface area is 147 Å². The molecule has 3 nitrogen and oxygen atoms in total. The molecule has 1 aliphatic heterocycles. The van der Waals surface area contributed by atoms with E-state index in [2.05, 4.69) is 59.6 Å². The van der Waals surface area contributed by atoms with Gasteiger partial charge in [0.05, 0.1) is 11.7 Å². The number of fused-ring (bicyclic) bond motifs is 1. The van der Waals surface area contributed by atoms with Crippen LogP contribution in [-0.2, 0) is 6.42 Å². The second kappa shape index (κ2) is 7.01. The smallest absolute Gasteiger partial charge is 0.0871 e. The van der Waals surface area contributed by atoms with Crippen molar-refractivity contribution in [2.75, 3.05) is 26.2 Å². The van der Waals surface area contributed by atoms with E-state index < -0.39 is 0 Å². The van der Waals surface area contributed by atoms with E-state index in [1.54, 1.807) is 0 Å². The van der Waals surface area contributed by atoms with Crippen molar-refractivity contribution in [2.24, 2.45) is 0 Å². The Hall–Kier alpha value is -1.75. The van der Waals surface area contributed by atoms with Crippen LogP contribution in [0.4, 0.5) is 0 Å². The van der Waals surface area contributed by atoms with Gasteiger partial charge in [0.25, 0.3) is 0 Å². The van der Waals surface area contributed by atoms with Crippen LogP contribution in [0.5, 0.6) is 0 Å². The lowest BCUT2D eigenvalue weighted by atomic mass is 10.1. The number of benzene rings is 1. The number of rotatable bonds is 4. The molecule has 3 aromatic rings. The Morgan fingerprint density at radius 3 is 2.71 bits per heavy atom. The van der Waals surface area contributed by atoms with Gasteiger partial charge in [-0.05, 0) is 35.6 Å². The van der Waals surface area contributed by atoms with Crippen LogP contribution in [0.25, 0.3) is 10.1 Å². The van der Waals surface area contributed by atoms with E-state index >= 15 is 0 Å². The molecule has 0 bridgehead atoms. The average Bonchev–Trinajstić information content (AvgIpc) is 3.07. The second-order valence-electron chi connectivity index (χ2n) is 6.32. The first-order chi connectivity index (χ1) is 11.8. The van der Waals surface area contributed by atoms with Crippen molar-refractivity contribution < 1.29 is 0 Å². The van der Waals surface area contributed by atoms with Crippen molar-refractivity contribution >= 4 is 21.4 Å². The molecule has 4 heteroatoms. The van der Waals surface area contributed by atoms with Crippen LogP contribution in [0.2, 0.25) is 0 Å². The normalized spacial score (nSPS) is 17.2. The number of hydrogen-bond acceptors (Lipinski definition) is 4. The molecule has 1 saturated heterocycles. The van der Waals surface area contributed by atoms with Gasteiger partial charge in [-0.25, -0.2) is 0 Å². The standard InChI is InChI=1S/C20H23N3S/c1-2-15-7-8-17(22-14-15)20(23-11-9-21-10-12-23)19-13-16-5-3-4-6-18(16)24-19/h3-8,13-14,20-21H,2,9-12H2,1H3. The van der Waals surface area contributed by atoms with Crippen LogP contribution < -0.4 is 5.32 Å². The monoisotopic (exact) mass is 337 g/mol. The van der Waals surface area contributed by atoms with E-state index in [4.69, 9.17) is 4.98 Å². The van der Waals surface area contributed by atoms with Crippen molar-refractivity contribution in [3.63, 3.8) is 0 Å². The van der Waals surface area contributed by atoms with Crippen LogP contribution in [-0.4, -0.2) is 36.1 Å². The quantitative estimate of drug-likeness (QED) is 0.784. The van der Waals surface area contributed by atoms with Gasteiger partial charge in [0.2, 0.25) is 0 Å². The molecule has 3 heterocycles. The number of hydrogen-bond donors (Lipinski definition) is 1. The number of nitrogens with one attached hydrogen (secondary N) is 1. The zero-order chi connectivity index (χ0) is 16.4. The summed E-state index contributed by atoms with van der Waals surface area (Å²) in [5, 5.41) is 4.79. The molecule has 124 valence electrons. The summed E-state index contributed by atoms with van der Waals surface area (Å²) in [7, 11) is 0. The molecule has 0 radical (unpaired) electrons. The summed E-state index contributed by atoms with van der Waals surface area (Å²) in [6, 6.07) is 15.7. The van der Waals surface area contributed by atoms with Crippen molar-refractivity contribution in [3.05, 3.63) is 64.8 Å². The minimum atomic E-state index is 0.260. The highest BCUT2D eigenvalue weighted by atomic mass is 32.1. The van der Waals surface area contributed by atoms with E-state index in [9.17, 15) is 0 Å². The van der Waals surface area contributed by atoms with Crippen molar-refractivity contribution in [3.8, 4) is 0 Å².